The molecule has 0 bridgehead atoms. The van der Waals surface area contributed by atoms with Crippen molar-refractivity contribution in [1.82, 2.24) is 4.90 Å². The Kier molecular flexibility index (Phi) is 7.31. The largest absolute Gasteiger partial charge is 0.393 e. The maximum absolute atomic E-state index is 10.1. The van der Waals surface area contributed by atoms with Crippen molar-refractivity contribution in [2.45, 2.75) is 44.5 Å². The molecular weight excluding hydrogens is 314 g/mol. The molecule has 4 nitrogen and oxygen atoms in total. The van der Waals surface area contributed by atoms with E-state index in [0.29, 0.717) is 24.1 Å². The number of rotatable bonds is 8. The van der Waals surface area contributed by atoms with Crippen LogP contribution < -0.4 is 0 Å². The van der Waals surface area contributed by atoms with Crippen molar-refractivity contribution in [2.75, 3.05) is 26.7 Å². The maximum atomic E-state index is 10.1. The van der Waals surface area contributed by atoms with Crippen LogP contribution in [0.15, 0.2) is 24.3 Å². The van der Waals surface area contributed by atoms with Crippen LogP contribution in [0, 0.1) is 5.92 Å². The third-order valence-electron chi connectivity index (χ3n) is 4.57. The van der Waals surface area contributed by atoms with E-state index in [9.17, 15) is 10.2 Å². The smallest absolute Gasteiger partial charge is 0.0900 e. The van der Waals surface area contributed by atoms with E-state index in [2.05, 4.69) is 4.90 Å². The molecule has 0 aromatic heterocycles. The molecular formula is C18H28ClNO3. The summed E-state index contributed by atoms with van der Waals surface area (Å²) in [5.41, 5.74) is 1.05. The van der Waals surface area contributed by atoms with Gasteiger partial charge in [0.15, 0.2) is 0 Å². The fourth-order valence-electron chi connectivity index (χ4n) is 3.20. The normalized spacial score (nSPS) is 24.1. The zero-order valence-corrected chi connectivity index (χ0v) is 14.7. The first-order valence-corrected chi connectivity index (χ1v) is 8.75. The zero-order chi connectivity index (χ0) is 16.8. The number of likely N-dealkylation sites (N-methyl/N-ethyl adjacent to an activating group) is 1. The Morgan fingerprint density at radius 2 is 2.00 bits per heavy atom. The molecule has 2 N–H and O–H groups in total. The topological polar surface area (TPSA) is 52.9 Å². The number of hydrogen-bond donors (Lipinski definition) is 2. The van der Waals surface area contributed by atoms with E-state index in [0.717, 1.165) is 31.4 Å². The first-order chi connectivity index (χ1) is 11.0. The molecule has 1 aromatic carbocycles. The van der Waals surface area contributed by atoms with E-state index < -0.39 is 6.10 Å². The molecule has 1 aliphatic rings. The van der Waals surface area contributed by atoms with Crippen LogP contribution in [-0.2, 0) is 4.74 Å². The average Bonchev–Trinajstić information content (AvgIpc) is 2.90. The van der Waals surface area contributed by atoms with Gasteiger partial charge in [0.25, 0.3) is 0 Å². The van der Waals surface area contributed by atoms with E-state index in [1.165, 1.54) is 0 Å². The van der Waals surface area contributed by atoms with Crippen molar-refractivity contribution in [3.63, 3.8) is 0 Å². The number of aliphatic hydroxyl groups excluding tert-OH is 2. The van der Waals surface area contributed by atoms with Gasteiger partial charge in [-0.05, 0) is 50.4 Å². The van der Waals surface area contributed by atoms with Gasteiger partial charge in [0.2, 0.25) is 0 Å². The van der Waals surface area contributed by atoms with E-state index in [1.54, 1.807) is 0 Å². The Balaban J connectivity index is 1.69. The molecule has 5 heteroatoms. The van der Waals surface area contributed by atoms with Gasteiger partial charge < -0.3 is 19.8 Å². The van der Waals surface area contributed by atoms with Gasteiger partial charge in [0.05, 0.1) is 24.9 Å². The van der Waals surface area contributed by atoms with Crippen LogP contribution in [0.25, 0.3) is 0 Å². The molecule has 0 amide bonds. The summed E-state index contributed by atoms with van der Waals surface area (Å²) in [5, 5.41) is 20.7. The lowest BCUT2D eigenvalue weighted by Crippen LogP contribution is -2.37. The minimum Gasteiger partial charge on any atom is -0.393 e. The number of benzene rings is 1. The molecule has 1 aliphatic carbocycles. The van der Waals surface area contributed by atoms with Crippen LogP contribution in [0.2, 0.25) is 5.02 Å². The van der Waals surface area contributed by atoms with Crippen LogP contribution >= 0.6 is 11.6 Å². The van der Waals surface area contributed by atoms with Gasteiger partial charge in [0, 0.05) is 18.1 Å². The molecule has 0 spiro atoms. The number of ether oxygens (including phenoxy) is 1. The van der Waals surface area contributed by atoms with Crippen LogP contribution in [0.3, 0.4) is 0 Å². The van der Waals surface area contributed by atoms with Crippen LogP contribution in [0.4, 0.5) is 0 Å². The average molecular weight is 342 g/mol. The minimum absolute atomic E-state index is 0.0797. The lowest BCUT2D eigenvalue weighted by atomic mass is 10.1. The van der Waals surface area contributed by atoms with E-state index in [-0.39, 0.29) is 12.2 Å². The number of hydrogen-bond acceptors (Lipinski definition) is 4. The lowest BCUT2D eigenvalue weighted by molar-refractivity contribution is -0.0160. The standard InChI is InChI=1S/C18H28ClNO3/c1-13(14-6-8-16(19)9-7-14)23-12-17(21)11-20(2)10-15-4-3-5-18(15)22/h6-9,13,15,17-18,21-22H,3-5,10-12H2,1-2H3. The lowest BCUT2D eigenvalue weighted by Gasteiger charge is -2.25. The van der Waals surface area contributed by atoms with Crippen molar-refractivity contribution < 1.29 is 14.9 Å². The Labute approximate surface area is 144 Å². The monoisotopic (exact) mass is 341 g/mol. The third-order valence-corrected chi connectivity index (χ3v) is 4.82. The Hall–Kier alpha value is -0.650. The molecule has 130 valence electrons. The second kappa shape index (κ2) is 9.00. The Morgan fingerprint density at radius 3 is 2.61 bits per heavy atom. The zero-order valence-electron chi connectivity index (χ0n) is 14.0. The van der Waals surface area contributed by atoms with E-state index in [1.807, 2.05) is 38.2 Å². The van der Waals surface area contributed by atoms with Gasteiger partial charge in [-0.3, -0.25) is 0 Å². The van der Waals surface area contributed by atoms with Gasteiger partial charge in [-0.2, -0.15) is 0 Å². The molecule has 1 saturated carbocycles. The summed E-state index contributed by atoms with van der Waals surface area (Å²) >= 11 is 5.88. The van der Waals surface area contributed by atoms with Gasteiger partial charge >= 0.3 is 0 Å². The van der Waals surface area contributed by atoms with Crippen molar-refractivity contribution in [3.8, 4) is 0 Å². The maximum Gasteiger partial charge on any atom is 0.0900 e. The summed E-state index contributed by atoms with van der Waals surface area (Å²) in [6, 6.07) is 7.56. The van der Waals surface area contributed by atoms with Gasteiger partial charge in [-0.25, -0.2) is 0 Å². The quantitative estimate of drug-likeness (QED) is 0.763. The minimum atomic E-state index is -0.534. The number of aliphatic hydroxyl groups is 2. The second-order valence-corrected chi connectivity index (χ2v) is 7.10. The Bertz CT molecular complexity index is 468. The molecule has 1 fully saturated rings. The van der Waals surface area contributed by atoms with Crippen molar-refractivity contribution in [3.05, 3.63) is 34.9 Å². The highest BCUT2D eigenvalue weighted by atomic mass is 35.5. The third kappa shape index (κ3) is 6.05. The highest BCUT2D eigenvalue weighted by Crippen LogP contribution is 2.26. The first-order valence-electron chi connectivity index (χ1n) is 8.37. The summed E-state index contributed by atoms with van der Waals surface area (Å²) < 4.78 is 5.75. The molecule has 4 atom stereocenters. The molecule has 1 aromatic rings. The SMILES string of the molecule is CC(OCC(O)CN(C)CC1CCCC1O)c1ccc(Cl)cc1. The molecule has 0 saturated heterocycles. The molecule has 0 aliphatic heterocycles. The molecule has 23 heavy (non-hydrogen) atoms. The van der Waals surface area contributed by atoms with Crippen LogP contribution in [0.5, 0.6) is 0 Å². The van der Waals surface area contributed by atoms with E-state index in [4.69, 9.17) is 16.3 Å². The fourth-order valence-corrected chi connectivity index (χ4v) is 3.33. The van der Waals surface area contributed by atoms with E-state index >= 15 is 0 Å². The van der Waals surface area contributed by atoms with Gasteiger partial charge in [-0.1, -0.05) is 30.2 Å². The van der Waals surface area contributed by atoms with Crippen molar-refractivity contribution >= 4 is 11.6 Å². The van der Waals surface area contributed by atoms with Crippen LogP contribution in [0.1, 0.15) is 37.9 Å². The number of nitrogens with zero attached hydrogens (tertiary/aromatic N) is 1. The summed E-state index contributed by atoms with van der Waals surface area (Å²) in [7, 11) is 1.98. The van der Waals surface area contributed by atoms with Crippen molar-refractivity contribution in [1.29, 1.82) is 0 Å². The Morgan fingerprint density at radius 1 is 1.30 bits per heavy atom. The second-order valence-electron chi connectivity index (χ2n) is 6.66. The summed E-state index contributed by atoms with van der Waals surface area (Å²) in [4.78, 5) is 2.08. The van der Waals surface area contributed by atoms with Crippen LogP contribution in [-0.4, -0.2) is 54.1 Å². The molecule has 0 radical (unpaired) electrons. The molecule has 0 heterocycles. The summed E-state index contributed by atoms with van der Waals surface area (Å²) in [5.74, 6) is 0.334. The van der Waals surface area contributed by atoms with Crippen molar-refractivity contribution in [2.24, 2.45) is 5.92 Å². The summed E-state index contributed by atoms with van der Waals surface area (Å²) in [6.45, 7) is 3.64. The summed E-state index contributed by atoms with van der Waals surface area (Å²) in [6.07, 6.45) is 2.28. The highest BCUT2D eigenvalue weighted by molar-refractivity contribution is 6.30. The molecule has 4 unspecified atom stereocenters. The predicted octanol–water partition coefficient (Wildman–Crippen LogP) is 2.87. The number of halogens is 1. The highest BCUT2D eigenvalue weighted by Gasteiger charge is 2.26. The van der Waals surface area contributed by atoms with Gasteiger partial charge in [-0.15, -0.1) is 0 Å². The fraction of sp³-hybridized carbons (Fsp3) is 0.667. The molecule has 2 rings (SSSR count). The predicted molar refractivity (Wildman–Crippen MR) is 92.7 cm³/mol. The first kappa shape index (κ1) is 18.7. The van der Waals surface area contributed by atoms with Gasteiger partial charge in [0.1, 0.15) is 0 Å².